The maximum absolute atomic E-state index is 12.1. The maximum Gasteiger partial charge on any atom is 0.328 e. The molecule has 3 rings (SSSR count). The number of nitrogens with one attached hydrogen (secondary N) is 2. The standard InChI is InChI=1S/C15H19N3O.C7H8O2.C3H6/c1-3-18-12-7-5-4-6-10(12)14-11(15(19)16-2)8-17-9-13(14)18;1-3-6(2)4-5-7(8)9;1-3-2/h4-7,11,17H,3,8-9H2,1-2H3,(H,16,19);3-5H,1-2H2,(H,8,9);3H,1H2,2H3/b;5-4+;. The number of para-hydroxylation sites is 1. The number of allylic oxidation sites excluding steroid dienone is 4. The van der Waals surface area contributed by atoms with Crippen LogP contribution in [0.5, 0.6) is 0 Å². The lowest BCUT2D eigenvalue weighted by molar-refractivity contribution is -0.131. The number of amides is 1. The van der Waals surface area contributed by atoms with Crippen LogP contribution in [0.25, 0.3) is 10.9 Å². The molecular weight excluding hydrogens is 390 g/mol. The Morgan fingerprint density at radius 1 is 1.29 bits per heavy atom. The highest BCUT2D eigenvalue weighted by molar-refractivity contribution is 5.94. The van der Waals surface area contributed by atoms with Gasteiger partial charge in [0.05, 0.1) is 5.92 Å². The van der Waals surface area contributed by atoms with E-state index in [1.807, 2.05) is 13.0 Å². The number of carbonyl (C=O) groups is 2. The van der Waals surface area contributed by atoms with E-state index < -0.39 is 5.97 Å². The predicted octanol–water partition coefficient (Wildman–Crippen LogP) is 4.16. The lowest BCUT2D eigenvalue weighted by atomic mass is 9.92. The van der Waals surface area contributed by atoms with E-state index in [1.54, 1.807) is 13.1 Å². The molecule has 0 spiro atoms. The Balaban J connectivity index is 0.000000339. The van der Waals surface area contributed by atoms with Crippen LogP contribution >= 0.6 is 0 Å². The molecule has 0 aliphatic carbocycles. The molecule has 1 amide bonds. The number of likely N-dealkylation sites (N-methyl/N-ethyl adjacent to an activating group) is 1. The van der Waals surface area contributed by atoms with Gasteiger partial charge in [-0.1, -0.05) is 43.5 Å². The largest absolute Gasteiger partial charge is 0.478 e. The van der Waals surface area contributed by atoms with Crippen LogP contribution in [0.4, 0.5) is 0 Å². The fourth-order valence-electron chi connectivity index (χ4n) is 3.41. The number of aliphatic carboxylic acids is 1. The minimum absolute atomic E-state index is 0.0902. The summed E-state index contributed by atoms with van der Waals surface area (Å²) >= 11 is 0. The third-order valence-electron chi connectivity index (χ3n) is 4.69. The molecule has 1 aromatic heterocycles. The highest BCUT2D eigenvalue weighted by atomic mass is 16.4. The monoisotopic (exact) mass is 423 g/mol. The first-order valence-electron chi connectivity index (χ1n) is 10.2. The number of hydrogen-bond donors (Lipinski definition) is 3. The van der Waals surface area contributed by atoms with Crippen LogP contribution in [0.2, 0.25) is 0 Å². The van der Waals surface area contributed by atoms with Crippen molar-refractivity contribution in [1.82, 2.24) is 15.2 Å². The summed E-state index contributed by atoms with van der Waals surface area (Å²) in [6.45, 7) is 16.8. The van der Waals surface area contributed by atoms with E-state index in [4.69, 9.17) is 5.11 Å². The highest BCUT2D eigenvalue weighted by Crippen LogP contribution is 2.34. The second kappa shape index (κ2) is 13.0. The van der Waals surface area contributed by atoms with Crippen molar-refractivity contribution in [2.24, 2.45) is 0 Å². The Morgan fingerprint density at radius 2 is 1.94 bits per heavy atom. The minimum Gasteiger partial charge on any atom is -0.478 e. The first kappa shape index (κ1) is 25.7. The number of carboxylic acids is 1. The van der Waals surface area contributed by atoms with Gasteiger partial charge in [-0.05, 0) is 37.1 Å². The van der Waals surface area contributed by atoms with Crippen molar-refractivity contribution in [3.8, 4) is 0 Å². The van der Waals surface area contributed by atoms with Gasteiger partial charge in [-0.3, -0.25) is 4.79 Å². The van der Waals surface area contributed by atoms with Crippen molar-refractivity contribution in [3.05, 3.63) is 85.1 Å². The Labute approximate surface area is 184 Å². The van der Waals surface area contributed by atoms with Gasteiger partial charge in [-0.2, -0.15) is 0 Å². The smallest absolute Gasteiger partial charge is 0.328 e. The van der Waals surface area contributed by atoms with E-state index in [0.29, 0.717) is 12.1 Å². The predicted molar refractivity (Wildman–Crippen MR) is 128 cm³/mol. The van der Waals surface area contributed by atoms with Crippen LogP contribution in [0.15, 0.2) is 73.9 Å². The van der Waals surface area contributed by atoms with Gasteiger partial charge in [-0.25, -0.2) is 4.79 Å². The molecule has 1 unspecified atom stereocenters. The summed E-state index contributed by atoms with van der Waals surface area (Å²) in [6.07, 6.45) is 5.64. The fraction of sp³-hybridized carbons (Fsp3) is 0.280. The lowest BCUT2D eigenvalue weighted by Gasteiger charge is -2.24. The lowest BCUT2D eigenvalue weighted by Crippen LogP contribution is -2.37. The van der Waals surface area contributed by atoms with Gasteiger partial charge in [0, 0.05) is 49.4 Å². The molecule has 6 nitrogen and oxygen atoms in total. The van der Waals surface area contributed by atoms with Crippen LogP contribution in [0.1, 0.15) is 31.0 Å². The molecule has 0 radical (unpaired) electrons. The van der Waals surface area contributed by atoms with Gasteiger partial charge in [0.1, 0.15) is 0 Å². The van der Waals surface area contributed by atoms with E-state index in [1.165, 1.54) is 34.3 Å². The summed E-state index contributed by atoms with van der Waals surface area (Å²) < 4.78 is 2.31. The summed E-state index contributed by atoms with van der Waals surface area (Å²) in [6, 6.07) is 8.37. The summed E-state index contributed by atoms with van der Waals surface area (Å²) in [5.41, 5.74) is 4.28. The molecule has 0 fully saturated rings. The quantitative estimate of drug-likeness (QED) is 0.383. The van der Waals surface area contributed by atoms with Crippen LogP contribution in [-0.4, -0.2) is 35.1 Å². The number of aromatic nitrogens is 1. The normalized spacial score (nSPS) is 14.4. The topological polar surface area (TPSA) is 83.4 Å². The average molecular weight is 424 g/mol. The minimum atomic E-state index is -0.974. The number of nitrogens with zero attached hydrogens (tertiary/aromatic N) is 1. The van der Waals surface area contributed by atoms with E-state index >= 15 is 0 Å². The molecule has 3 N–H and O–H groups in total. The number of benzene rings is 1. The molecule has 2 heterocycles. The number of hydrogen-bond acceptors (Lipinski definition) is 3. The molecule has 0 bridgehead atoms. The molecule has 31 heavy (non-hydrogen) atoms. The zero-order valence-electron chi connectivity index (χ0n) is 18.6. The van der Waals surface area contributed by atoms with Gasteiger partial charge in [0.15, 0.2) is 0 Å². The Hall–Kier alpha value is -3.38. The van der Waals surface area contributed by atoms with Gasteiger partial charge in [0.25, 0.3) is 0 Å². The molecule has 1 aromatic carbocycles. The zero-order valence-corrected chi connectivity index (χ0v) is 18.6. The van der Waals surface area contributed by atoms with Crippen molar-refractivity contribution in [2.45, 2.75) is 32.9 Å². The second-order valence-electron chi connectivity index (χ2n) is 6.78. The number of rotatable bonds is 5. The van der Waals surface area contributed by atoms with E-state index in [-0.39, 0.29) is 11.8 Å². The number of carbonyl (C=O) groups excluding carboxylic acids is 1. The Bertz CT molecular complexity index is 970. The summed E-state index contributed by atoms with van der Waals surface area (Å²) in [5, 5.41) is 15.5. The molecule has 0 saturated carbocycles. The molecule has 1 aliphatic heterocycles. The first-order valence-corrected chi connectivity index (χ1v) is 10.2. The van der Waals surface area contributed by atoms with E-state index in [0.717, 1.165) is 19.2 Å². The molecule has 1 atom stereocenters. The number of fused-ring (bicyclic) bond motifs is 3. The number of carboxylic acid groups (broad SMARTS) is 1. The summed E-state index contributed by atoms with van der Waals surface area (Å²) in [7, 11) is 1.70. The molecule has 1 aliphatic rings. The third-order valence-corrected chi connectivity index (χ3v) is 4.69. The average Bonchev–Trinajstić information content (AvgIpc) is 3.11. The van der Waals surface area contributed by atoms with Crippen LogP contribution in [0, 0.1) is 0 Å². The Kier molecular flexibility index (Phi) is 10.8. The van der Waals surface area contributed by atoms with Gasteiger partial charge < -0.3 is 20.3 Å². The first-order chi connectivity index (χ1) is 14.9. The van der Waals surface area contributed by atoms with Gasteiger partial charge in [0.2, 0.25) is 5.91 Å². The molecule has 2 aromatic rings. The van der Waals surface area contributed by atoms with E-state index in [2.05, 4.69) is 60.1 Å². The maximum atomic E-state index is 12.1. The van der Waals surface area contributed by atoms with Crippen molar-refractivity contribution in [2.75, 3.05) is 13.6 Å². The summed E-state index contributed by atoms with van der Waals surface area (Å²) in [5.74, 6) is -0.975. The van der Waals surface area contributed by atoms with Crippen molar-refractivity contribution < 1.29 is 14.7 Å². The summed E-state index contributed by atoms with van der Waals surface area (Å²) in [4.78, 5) is 22.0. The van der Waals surface area contributed by atoms with Crippen LogP contribution < -0.4 is 10.6 Å². The van der Waals surface area contributed by atoms with Gasteiger partial charge >= 0.3 is 5.97 Å². The van der Waals surface area contributed by atoms with Crippen molar-refractivity contribution in [1.29, 1.82) is 0 Å². The SMILES string of the molecule is C=CC.C=CC(=C)/C=C/C(=O)O.CCn1c2c(c3ccccc31)C(C(=O)NC)CNC2. The van der Waals surface area contributed by atoms with Gasteiger partial charge in [-0.15, -0.1) is 6.58 Å². The van der Waals surface area contributed by atoms with Crippen LogP contribution in [-0.2, 0) is 22.7 Å². The second-order valence-corrected chi connectivity index (χ2v) is 6.78. The van der Waals surface area contributed by atoms with Crippen molar-refractivity contribution >= 4 is 22.8 Å². The van der Waals surface area contributed by atoms with Crippen molar-refractivity contribution in [3.63, 3.8) is 0 Å². The highest BCUT2D eigenvalue weighted by Gasteiger charge is 2.30. The molecule has 166 valence electrons. The van der Waals surface area contributed by atoms with E-state index in [9.17, 15) is 9.59 Å². The van der Waals surface area contributed by atoms with Crippen LogP contribution in [0.3, 0.4) is 0 Å². The Morgan fingerprint density at radius 3 is 2.48 bits per heavy atom. The fourth-order valence-corrected chi connectivity index (χ4v) is 3.41. The third kappa shape index (κ3) is 6.83. The molecule has 6 heteroatoms. The molecular formula is C25H33N3O3. The number of aryl methyl sites for hydroxylation is 1. The molecule has 0 saturated heterocycles. The zero-order chi connectivity index (χ0) is 23.4.